The number of nitrogens with one attached hydrogen (secondary N) is 1. The first kappa shape index (κ1) is 13.8. The van der Waals surface area contributed by atoms with E-state index in [4.69, 9.17) is 0 Å². The summed E-state index contributed by atoms with van der Waals surface area (Å²) in [6, 6.07) is 0. The minimum Gasteiger partial charge on any atom is -0.296 e. The maximum atomic E-state index is 12.8. The molecule has 0 unspecified atom stereocenters. The summed E-state index contributed by atoms with van der Waals surface area (Å²) in [5.74, 6) is 2.47. The topological polar surface area (TPSA) is 46.2 Å². The molecule has 4 bridgehead atoms. The third-order valence-corrected chi connectivity index (χ3v) is 6.73. The van der Waals surface area contributed by atoms with Crippen LogP contribution in [0.15, 0.2) is 0 Å². The van der Waals surface area contributed by atoms with Crippen molar-refractivity contribution < 1.29 is 9.59 Å². The molecule has 0 heterocycles. The van der Waals surface area contributed by atoms with E-state index in [0.717, 1.165) is 62.7 Å². The Hall–Kier alpha value is -0.860. The molecule has 0 spiro atoms. The average Bonchev–Trinajstić information content (AvgIpc) is 2.46. The molecule has 116 valence electrons. The summed E-state index contributed by atoms with van der Waals surface area (Å²) < 4.78 is 0. The molecule has 5 aliphatic carbocycles. The van der Waals surface area contributed by atoms with E-state index in [1.807, 2.05) is 0 Å². The first-order valence-corrected chi connectivity index (χ1v) is 9.00. The zero-order valence-corrected chi connectivity index (χ0v) is 12.9. The van der Waals surface area contributed by atoms with Gasteiger partial charge in [-0.15, -0.1) is 0 Å². The van der Waals surface area contributed by atoms with Gasteiger partial charge in [0, 0.05) is 5.92 Å². The molecule has 0 aliphatic heterocycles. The largest absolute Gasteiger partial charge is 0.296 e. The molecule has 1 N–H and O–H groups in total. The first-order valence-electron chi connectivity index (χ1n) is 9.00. The van der Waals surface area contributed by atoms with E-state index in [0.29, 0.717) is 0 Å². The molecular formula is C18H27NO2. The van der Waals surface area contributed by atoms with E-state index in [2.05, 4.69) is 5.32 Å². The summed E-state index contributed by atoms with van der Waals surface area (Å²) in [6.07, 6.45) is 12.6. The Balaban J connectivity index is 1.43. The lowest BCUT2D eigenvalue weighted by Gasteiger charge is -2.55. The number of imide groups is 1. The number of hydrogen-bond acceptors (Lipinski definition) is 2. The van der Waals surface area contributed by atoms with Crippen molar-refractivity contribution in [3.05, 3.63) is 0 Å². The highest BCUT2D eigenvalue weighted by Crippen LogP contribution is 2.60. The van der Waals surface area contributed by atoms with E-state index in [9.17, 15) is 9.59 Å². The molecule has 0 aromatic carbocycles. The molecule has 0 atom stereocenters. The van der Waals surface area contributed by atoms with Gasteiger partial charge in [-0.1, -0.05) is 19.3 Å². The number of hydrogen-bond donors (Lipinski definition) is 1. The van der Waals surface area contributed by atoms with Crippen LogP contribution in [0.3, 0.4) is 0 Å². The SMILES string of the molecule is O=C(NC(=O)C12CC3CC(CC(C3)C1)C2)C1CCCCC1. The zero-order valence-electron chi connectivity index (χ0n) is 12.9. The van der Waals surface area contributed by atoms with Crippen LogP contribution in [0.1, 0.15) is 70.6 Å². The fraction of sp³-hybridized carbons (Fsp3) is 0.889. The number of carbonyl (C=O) groups is 2. The van der Waals surface area contributed by atoms with Gasteiger partial charge in [0.1, 0.15) is 0 Å². The van der Waals surface area contributed by atoms with Crippen LogP contribution in [-0.4, -0.2) is 11.8 Å². The van der Waals surface area contributed by atoms with Gasteiger partial charge in [0.25, 0.3) is 0 Å². The second kappa shape index (κ2) is 5.10. The molecule has 3 heteroatoms. The fourth-order valence-electron chi connectivity index (χ4n) is 6.10. The van der Waals surface area contributed by atoms with E-state index in [1.54, 1.807) is 0 Å². The predicted octanol–water partition coefficient (Wildman–Crippen LogP) is 3.43. The number of rotatable bonds is 2. The van der Waals surface area contributed by atoms with Crippen LogP contribution in [0, 0.1) is 29.1 Å². The summed E-state index contributed by atoms with van der Waals surface area (Å²) in [7, 11) is 0. The van der Waals surface area contributed by atoms with E-state index < -0.39 is 0 Å². The third-order valence-electron chi connectivity index (χ3n) is 6.73. The van der Waals surface area contributed by atoms with Crippen molar-refractivity contribution in [2.45, 2.75) is 70.6 Å². The second-order valence-electron chi connectivity index (χ2n) is 8.35. The van der Waals surface area contributed by atoms with Gasteiger partial charge in [0.05, 0.1) is 5.41 Å². The van der Waals surface area contributed by atoms with Crippen molar-refractivity contribution in [2.75, 3.05) is 0 Å². The van der Waals surface area contributed by atoms with Crippen molar-refractivity contribution in [2.24, 2.45) is 29.1 Å². The zero-order chi connectivity index (χ0) is 14.4. The van der Waals surface area contributed by atoms with Gasteiger partial charge in [0.15, 0.2) is 0 Å². The van der Waals surface area contributed by atoms with Crippen LogP contribution in [0.25, 0.3) is 0 Å². The molecule has 3 nitrogen and oxygen atoms in total. The van der Waals surface area contributed by atoms with Crippen LogP contribution >= 0.6 is 0 Å². The highest BCUT2D eigenvalue weighted by molar-refractivity contribution is 5.99. The van der Waals surface area contributed by atoms with Crippen molar-refractivity contribution in [3.63, 3.8) is 0 Å². The van der Waals surface area contributed by atoms with E-state index in [1.165, 1.54) is 25.7 Å². The summed E-state index contributed by atoms with van der Waals surface area (Å²) >= 11 is 0. The standard InChI is InChI=1S/C18H27NO2/c20-16(15-4-2-1-3-5-15)19-17(21)18-9-12-6-13(10-18)8-14(7-12)11-18/h12-15H,1-11H2,(H,19,20,21). The van der Waals surface area contributed by atoms with Gasteiger partial charge in [-0.25, -0.2) is 0 Å². The Morgan fingerprint density at radius 3 is 1.86 bits per heavy atom. The molecule has 2 amide bonds. The summed E-state index contributed by atoms with van der Waals surface area (Å²) in [5.41, 5.74) is -0.181. The molecular weight excluding hydrogens is 262 g/mol. The van der Waals surface area contributed by atoms with Crippen molar-refractivity contribution in [1.29, 1.82) is 0 Å². The Labute approximate surface area is 127 Å². The van der Waals surface area contributed by atoms with Gasteiger partial charge >= 0.3 is 0 Å². The van der Waals surface area contributed by atoms with Crippen LogP contribution in [0.2, 0.25) is 0 Å². The highest BCUT2D eigenvalue weighted by Gasteiger charge is 2.54. The van der Waals surface area contributed by atoms with Crippen molar-refractivity contribution in [3.8, 4) is 0 Å². The van der Waals surface area contributed by atoms with Crippen molar-refractivity contribution in [1.82, 2.24) is 5.32 Å². The molecule has 5 aliphatic rings. The van der Waals surface area contributed by atoms with Gasteiger partial charge in [-0.05, 0) is 69.1 Å². The van der Waals surface area contributed by atoms with Crippen LogP contribution in [0.4, 0.5) is 0 Å². The van der Waals surface area contributed by atoms with Crippen LogP contribution in [0.5, 0.6) is 0 Å². The summed E-state index contributed by atoms with van der Waals surface area (Å²) in [4.78, 5) is 25.2. The molecule has 0 radical (unpaired) electrons. The van der Waals surface area contributed by atoms with Crippen LogP contribution in [-0.2, 0) is 9.59 Å². The fourth-order valence-corrected chi connectivity index (χ4v) is 6.10. The smallest absolute Gasteiger partial charge is 0.232 e. The molecule has 0 aromatic rings. The second-order valence-corrected chi connectivity index (χ2v) is 8.35. The summed E-state index contributed by atoms with van der Waals surface area (Å²) in [6.45, 7) is 0. The first-order chi connectivity index (χ1) is 10.1. The monoisotopic (exact) mass is 289 g/mol. The van der Waals surface area contributed by atoms with E-state index >= 15 is 0 Å². The normalized spacial score (nSPS) is 42.0. The molecule has 5 saturated carbocycles. The maximum Gasteiger partial charge on any atom is 0.232 e. The van der Waals surface area contributed by atoms with E-state index in [-0.39, 0.29) is 23.1 Å². The highest BCUT2D eigenvalue weighted by atomic mass is 16.2. The molecule has 0 saturated heterocycles. The average molecular weight is 289 g/mol. The number of amides is 2. The summed E-state index contributed by atoms with van der Waals surface area (Å²) in [5, 5.41) is 2.83. The lowest BCUT2D eigenvalue weighted by molar-refractivity contribution is -0.150. The van der Waals surface area contributed by atoms with Gasteiger partial charge in [-0.3, -0.25) is 14.9 Å². The lowest BCUT2D eigenvalue weighted by Crippen LogP contribution is -2.55. The molecule has 5 fully saturated rings. The maximum absolute atomic E-state index is 12.8. The molecule has 5 rings (SSSR count). The van der Waals surface area contributed by atoms with Crippen molar-refractivity contribution >= 4 is 11.8 Å². The predicted molar refractivity (Wildman–Crippen MR) is 80.3 cm³/mol. The number of carbonyl (C=O) groups excluding carboxylic acids is 2. The van der Waals surface area contributed by atoms with Gasteiger partial charge < -0.3 is 0 Å². The van der Waals surface area contributed by atoms with Crippen LogP contribution < -0.4 is 5.32 Å². The van der Waals surface area contributed by atoms with Gasteiger partial charge in [0.2, 0.25) is 11.8 Å². The quantitative estimate of drug-likeness (QED) is 0.792. The minimum absolute atomic E-state index is 0.0236. The Morgan fingerprint density at radius 2 is 1.33 bits per heavy atom. The minimum atomic E-state index is -0.181. The Morgan fingerprint density at radius 1 is 0.810 bits per heavy atom. The Bertz CT molecular complexity index is 415. The van der Waals surface area contributed by atoms with Gasteiger partial charge in [-0.2, -0.15) is 0 Å². The molecule has 0 aromatic heterocycles. The Kier molecular flexibility index (Phi) is 3.35. The third kappa shape index (κ3) is 2.43. The lowest BCUT2D eigenvalue weighted by atomic mass is 9.49. The molecule has 21 heavy (non-hydrogen) atoms.